The quantitative estimate of drug-likeness (QED) is 0.677. The van der Waals surface area contributed by atoms with Gasteiger partial charge in [0, 0.05) is 16.3 Å². The van der Waals surface area contributed by atoms with Crippen LogP contribution in [-0.2, 0) is 4.74 Å². The van der Waals surface area contributed by atoms with E-state index < -0.39 is 12.0 Å². The van der Waals surface area contributed by atoms with E-state index >= 15 is 0 Å². The van der Waals surface area contributed by atoms with Gasteiger partial charge < -0.3 is 9.15 Å². The molecule has 0 saturated carbocycles. The Balaban J connectivity index is 2.04. The number of nitrogens with one attached hydrogen (secondary N) is 2. The minimum atomic E-state index is -0.757. The normalized spacial score (nSPS) is 10.6. The van der Waals surface area contributed by atoms with Crippen LogP contribution in [0.15, 0.2) is 40.8 Å². The molecular formula is C16H14N2O4. The molecule has 0 aliphatic heterocycles. The maximum absolute atomic E-state index is 12.1. The number of ether oxygens (including phenoxy) is 1. The van der Waals surface area contributed by atoms with Crippen LogP contribution in [0, 0.1) is 6.92 Å². The number of hydrazine groups is 1. The Morgan fingerprint density at radius 2 is 1.82 bits per heavy atom. The number of aryl methyl sites for hydroxylation is 1. The fourth-order valence-corrected chi connectivity index (χ4v) is 2.38. The summed E-state index contributed by atoms with van der Waals surface area (Å²) in [5.41, 5.74) is 5.73. The summed E-state index contributed by atoms with van der Waals surface area (Å²) in [5.74, 6) is -0.383. The lowest BCUT2D eigenvalue weighted by Crippen LogP contribution is -2.41. The van der Waals surface area contributed by atoms with Crippen LogP contribution in [0.25, 0.3) is 21.7 Å². The first-order valence-corrected chi connectivity index (χ1v) is 6.67. The average molecular weight is 298 g/mol. The lowest BCUT2D eigenvalue weighted by atomic mass is 10.1. The number of hydrogen-bond acceptors (Lipinski definition) is 4. The van der Waals surface area contributed by atoms with Crippen molar-refractivity contribution in [2.24, 2.45) is 0 Å². The summed E-state index contributed by atoms with van der Waals surface area (Å²) >= 11 is 0. The molecule has 112 valence electrons. The third kappa shape index (κ3) is 2.24. The van der Waals surface area contributed by atoms with Gasteiger partial charge in [-0.15, -0.1) is 0 Å². The van der Waals surface area contributed by atoms with E-state index in [0.29, 0.717) is 11.1 Å². The molecule has 0 aliphatic rings. The van der Waals surface area contributed by atoms with E-state index in [2.05, 4.69) is 15.6 Å². The molecule has 0 unspecified atom stereocenters. The van der Waals surface area contributed by atoms with Crippen LogP contribution < -0.4 is 10.9 Å². The maximum atomic E-state index is 12.1. The maximum Gasteiger partial charge on any atom is 0.425 e. The molecule has 1 heterocycles. The number of amides is 2. The molecule has 6 nitrogen and oxygen atoms in total. The van der Waals surface area contributed by atoms with Crippen molar-refractivity contribution in [3.05, 3.63) is 47.7 Å². The zero-order valence-electron chi connectivity index (χ0n) is 12.1. The zero-order chi connectivity index (χ0) is 15.7. The smallest absolute Gasteiger partial charge is 0.425 e. The Morgan fingerprint density at radius 1 is 1.05 bits per heavy atom. The topological polar surface area (TPSA) is 80.6 Å². The van der Waals surface area contributed by atoms with E-state index in [1.165, 1.54) is 7.11 Å². The zero-order valence-corrected chi connectivity index (χ0v) is 12.1. The van der Waals surface area contributed by atoms with Crippen LogP contribution >= 0.6 is 0 Å². The van der Waals surface area contributed by atoms with Crippen molar-refractivity contribution in [3.8, 4) is 0 Å². The van der Waals surface area contributed by atoms with Gasteiger partial charge in [-0.25, -0.2) is 10.2 Å². The third-order valence-electron chi connectivity index (χ3n) is 3.50. The van der Waals surface area contributed by atoms with Crippen molar-refractivity contribution in [3.63, 3.8) is 0 Å². The average Bonchev–Trinajstić information content (AvgIpc) is 2.89. The summed E-state index contributed by atoms with van der Waals surface area (Å²) in [5, 5.41) is 2.83. The highest BCUT2D eigenvalue weighted by Gasteiger charge is 2.19. The highest BCUT2D eigenvalue weighted by Crippen LogP contribution is 2.31. The van der Waals surface area contributed by atoms with E-state index in [1.807, 2.05) is 36.4 Å². The first-order valence-electron chi connectivity index (χ1n) is 6.67. The van der Waals surface area contributed by atoms with Gasteiger partial charge in [0.2, 0.25) is 0 Å². The number of benzene rings is 2. The van der Waals surface area contributed by atoms with Gasteiger partial charge in [0.05, 0.1) is 7.11 Å². The molecule has 0 spiro atoms. The summed E-state index contributed by atoms with van der Waals surface area (Å²) in [6.45, 7) is 1.80. The number of carbonyl (C=O) groups is 2. The molecule has 0 fully saturated rings. The van der Waals surface area contributed by atoms with Crippen molar-refractivity contribution in [2.45, 2.75) is 6.92 Å². The molecule has 0 atom stereocenters. The van der Waals surface area contributed by atoms with Gasteiger partial charge in [-0.2, -0.15) is 0 Å². The molecule has 0 saturated heterocycles. The summed E-state index contributed by atoms with van der Waals surface area (Å²) in [4.78, 5) is 23.1. The SMILES string of the molecule is COC(=O)NNC(=O)c1oc2c(ccc3ccccc32)c1C. The number of rotatable bonds is 1. The molecule has 3 rings (SSSR count). The Labute approximate surface area is 126 Å². The first-order chi connectivity index (χ1) is 10.6. The minimum Gasteiger partial charge on any atom is -0.452 e. The molecule has 0 radical (unpaired) electrons. The Morgan fingerprint density at radius 3 is 2.59 bits per heavy atom. The lowest BCUT2D eigenvalue weighted by Gasteiger charge is -2.04. The summed E-state index contributed by atoms with van der Waals surface area (Å²) in [6, 6.07) is 11.7. The number of carbonyl (C=O) groups excluding carboxylic acids is 2. The molecule has 0 aliphatic carbocycles. The third-order valence-corrected chi connectivity index (χ3v) is 3.50. The Bertz CT molecular complexity index is 882. The van der Waals surface area contributed by atoms with E-state index in [1.54, 1.807) is 6.92 Å². The second-order valence-electron chi connectivity index (χ2n) is 4.79. The second-order valence-corrected chi connectivity index (χ2v) is 4.79. The second kappa shape index (κ2) is 5.40. The molecule has 0 bridgehead atoms. The Kier molecular flexibility index (Phi) is 3.42. The van der Waals surface area contributed by atoms with Crippen LogP contribution in [0.3, 0.4) is 0 Å². The molecule has 2 aromatic carbocycles. The van der Waals surface area contributed by atoms with Gasteiger partial charge in [-0.3, -0.25) is 10.2 Å². The fraction of sp³-hybridized carbons (Fsp3) is 0.125. The lowest BCUT2D eigenvalue weighted by molar-refractivity contribution is 0.0894. The monoisotopic (exact) mass is 298 g/mol. The highest BCUT2D eigenvalue weighted by atomic mass is 16.5. The largest absolute Gasteiger partial charge is 0.452 e. The van der Waals surface area contributed by atoms with Crippen LogP contribution in [0.5, 0.6) is 0 Å². The van der Waals surface area contributed by atoms with E-state index in [0.717, 1.165) is 16.2 Å². The van der Waals surface area contributed by atoms with E-state index in [9.17, 15) is 9.59 Å². The summed E-state index contributed by atoms with van der Waals surface area (Å²) in [7, 11) is 1.21. The summed E-state index contributed by atoms with van der Waals surface area (Å²) in [6.07, 6.45) is -0.757. The van der Waals surface area contributed by atoms with Crippen LogP contribution in [0.4, 0.5) is 4.79 Å². The van der Waals surface area contributed by atoms with Crippen molar-refractivity contribution >= 4 is 33.7 Å². The molecule has 2 N–H and O–H groups in total. The predicted molar refractivity (Wildman–Crippen MR) is 81.5 cm³/mol. The van der Waals surface area contributed by atoms with Crippen LogP contribution in [-0.4, -0.2) is 19.1 Å². The van der Waals surface area contributed by atoms with E-state index in [-0.39, 0.29) is 5.76 Å². The van der Waals surface area contributed by atoms with Gasteiger partial charge in [0.1, 0.15) is 5.58 Å². The highest BCUT2D eigenvalue weighted by molar-refractivity contribution is 6.08. The predicted octanol–water partition coefficient (Wildman–Crippen LogP) is 2.90. The molecule has 22 heavy (non-hydrogen) atoms. The first kappa shape index (κ1) is 13.9. The van der Waals surface area contributed by atoms with Crippen molar-refractivity contribution in [2.75, 3.05) is 7.11 Å². The molecule has 2 amide bonds. The van der Waals surface area contributed by atoms with Crippen molar-refractivity contribution < 1.29 is 18.7 Å². The molecule has 6 heteroatoms. The fourth-order valence-electron chi connectivity index (χ4n) is 2.38. The Hall–Kier alpha value is -3.02. The molecular weight excluding hydrogens is 284 g/mol. The number of fused-ring (bicyclic) bond motifs is 3. The van der Waals surface area contributed by atoms with Gasteiger partial charge in [-0.05, 0) is 12.3 Å². The van der Waals surface area contributed by atoms with Crippen molar-refractivity contribution in [1.82, 2.24) is 10.9 Å². The van der Waals surface area contributed by atoms with E-state index in [4.69, 9.17) is 4.42 Å². The number of hydrogen-bond donors (Lipinski definition) is 2. The van der Waals surface area contributed by atoms with Gasteiger partial charge in [0.25, 0.3) is 0 Å². The number of methoxy groups -OCH3 is 1. The standard InChI is InChI=1S/C16H14N2O4/c1-9-11-8-7-10-5-3-4-6-12(10)14(11)22-13(9)15(19)17-18-16(20)21-2/h3-8H,1-2H3,(H,17,19)(H,18,20). The molecule has 1 aromatic heterocycles. The summed E-state index contributed by atoms with van der Waals surface area (Å²) < 4.78 is 10.1. The molecule has 3 aromatic rings. The van der Waals surface area contributed by atoms with Crippen LogP contribution in [0.2, 0.25) is 0 Å². The minimum absolute atomic E-state index is 0.155. The van der Waals surface area contributed by atoms with Gasteiger partial charge in [0.15, 0.2) is 5.76 Å². The van der Waals surface area contributed by atoms with Gasteiger partial charge >= 0.3 is 12.0 Å². The van der Waals surface area contributed by atoms with Crippen LogP contribution in [0.1, 0.15) is 16.1 Å². The van der Waals surface area contributed by atoms with Crippen molar-refractivity contribution in [1.29, 1.82) is 0 Å². The number of furan rings is 1. The van der Waals surface area contributed by atoms with Gasteiger partial charge in [-0.1, -0.05) is 36.4 Å².